The molecule has 0 aliphatic carbocycles. The number of benzene rings is 2. The largest absolute Gasteiger partial charge is 0.491 e. The number of rotatable bonds is 6. The van der Waals surface area contributed by atoms with Gasteiger partial charge in [0.2, 0.25) is 6.79 Å². The maximum atomic E-state index is 12.4. The van der Waals surface area contributed by atoms with E-state index in [-0.39, 0.29) is 18.8 Å². The van der Waals surface area contributed by atoms with Gasteiger partial charge in [0, 0.05) is 11.3 Å². The van der Waals surface area contributed by atoms with E-state index < -0.39 is 0 Å². The van der Waals surface area contributed by atoms with Crippen molar-refractivity contribution in [3.05, 3.63) is 60.2 Å². The number of amides is 1. The Labute approximate surface area is 167 Å². The van der Waals surface area contributed by atoms with E-state index in [0.29, 0.717) is 28.7 Å². The number of anilines is 3. The predicted molar refractivity (Wildman–Crippen MR) is 108 cm³/mol. The third kappa shape index (κ3) is 4.55. The zero-order valence-electron chi connectivity index (χ0n) is 16.0. The highest BCUT2D eigenvalue weighted by atomic mass is 16.7. The Morgan fingerprint density at radius 2 is 1.69 bits per heavy atom. The summed E-state index contributed by atoms with van der Waals surface area (Å²) >= 11 is 0. The first-order valence-electron chi connectivity index (χ1n) is 9.15. The van der Waals surface area contributed by atoms with Gasteiger partial charge in [0.05, 0.1) is 6.10 Å². The van der Waals surface area contributed by atoms with Gasteiger partial charge in [0.15, 0.2) is 23.1 Å². The van der Waals surface area contributed by atoms with Gasteiger partial charge in [-0.2, -0.15) is 0 Å². The number of aromatic nitrogens is 2. The zero-order chi connectivity index (χ0) is 20.2. The summed E-state index contributed by atoms with van der Waals surface area (Å²) in [5.74, 6) is 2.58. The highest BCUT2D eigenvalue weighted by Crippen LogP contribution is 2.32. The molecule has 3 aromatic rings. The lowest BCUT2D eigenvalue weighted by Gasteiger charge is -2.11. The normalized spacial score (nSPS) is 12.0. The van der Waals surface area contributed by atoms with E-state index in [2.05, 4.69) is 20.8 Å². The smallest absolute Gasteiger partial charge is 0.257 e. The molecule has 2 aromatic carbocycles. The van der Waals surface area contributed by atoms with Crippen LogP contribution in [0.4, 0.5) is 17.3 Å². The quantitative estimate of drug-likeness (QED) is 0.655. The summed E-state index contributed by atoms with van der Waals surface area (Å²) in [4.78, 5) is 12.4. The zero-order valence-corrected chi connectivity index (χ0v) is 16.0. The molecule has 2 N–H and O–H groups in total. The Balaban J connectivity index is 1.37. The average Bonchev–Trinajstić information content (AvgIpc) is 3.18. The fourth-order valence-electron chi connectivity index (χ4n) is 2.73. The molecule has 8 nitrogen and oxygen atoms in total. The first-order valence-corrected chi connectivity index (χ1v) is 9.15. The van der Waals surface area contributed by atoms with Crippen molar-refractivity contribution < 1.29 is 19.0 Å². The maximum absolute atomic E-state index is 12.4. The first-order chi connectivity index (χ1) is 14.1. The van der Waals surface area contributed by atoms with Gasteiger partial charge in [-0.3, -0.25) is 4.79 Å². The predicted octanol–water partition coefficient (Wildman–Crippen LogP) is 3.99. The number of nitrogens with one attached hydrogen (secondary N) is 2. The highest BCUT2D eigenvalue weighted by molar-refractivity contribution is 6.04. The van der Waals surface area contributed by atoms with Gasteiger partial charge < -0.3 is 24.8 Å². The Bertz CT molecular complexity index is 1000. The van der Waals surface area contributed by atoms with Gasteiger partial charge in [-0.1, -0.05) is 0 Å². The lowest BCUT2D eigenvalue weighted by molar-refractivity contribution is 0.102. The van der Waals surface area contributed by atoms with Crippen molar-refractivity contribution in [3.63, 3.8) is 0 Å². The monoisotopic (exact) mass is 392 g/mol. The average molecular weight is 392 g/mol. The number of carbonyl (C=O) groups excluding carboxylic acids is 1. The molecular formula is C21H20N4O4. The third-order valence-electron chi connectivity index (χ3n) is 4.04. The van der Waals surface area contributed by atoms with E-state index in [1.807, 2.05) is 38.1 Å². The van der Waals surface area contributed by atoms with Gasteiger partial charge >= 0.3 is 0 Å². The second-order valence-corrected chi connectivity index (χ2v) is 6.64. The standard InChI is InChI=1S/C21H20N4O4/c1-13(2)29-16-6-4-15(5-7-16)22-19-9-10-20(25-24-19)23-21(26)14-3-8-17-18(11-14)28-12-27-17/h3-11,13H,12H2,1-2H3,(H,22,24)(H,23,25,26). The van der Waals surface area contributed by atoms with Crippen molar-refractivity contribution >= 4 is 23.2 Å². The molecule has 0 fully saturated rings. The van der Waals surface area contributed by atoms with Crippen molar-refractivity contribution in [1.29, 1.82) is 0 Å². The number of hydrogen-bond acceptors (Lipinski definition) is 7. The molecule has 1 aliphatic heterocycles. The van der Waals surface area contributed by atoms with E-state index in [0.717, 1.165) is 11.4 Å². The lowest BCUT2D eigenvalue weighted by Crippen LogP contribution is -2.13. The summed E-state index contributed by atoms with van der Waals surface area (Å²) in [5.41, 5.74) is 1.30. The maximum Gasteiger partial charge on any atom is 0.257 e. The number of nitrogens with zero attached hydrogens (tertiary/aromatic N) is 2. The molecule has 29 heavy (non-hydrogen) atoms. The van der Waals surface area contributed by atoms with Gasteiger partial charge in [0.1, 0.15) is 5.75 Å². The van der Waals surface area contributed by atoms with E-state index in [4.69, 9.17) is 14.2 Å². The molecule has 2 heterocycles. The molecule has 0 spiro atoms. The molecule has 148 valence electrons. The molecule has 1 amide bonds. The summed E-state index contributed by atoms with van der Waals surface area (Å²) in [7, 11) is 0. The highest BCUT2D eigenvalue weighted by Gasteiger charge is 2.16. The minimum Gasteiger partial charge on any atom is -0.491 e. The molecule has 4 rings (SSSR count). The summed E-state index contributed by atoms with van der Waals surface area (Å²) in [6.45, 7) is 4.12. The fourth-order valence-corrected chi connectivity index (χ4v) is 2.73. The van der Waals surface area contributed by atoms with Crippen LogP contribution in [0.15, 0.2) is 54.6 Å². The van der Waals surface area contributed by atoms with Crippen LogP contribution in [0.1, 0.15) is 24.2 Å². The third-order valence-corrected chi connectivity index (χ3v) is 4.04. The van der Waals surface area contributed by atoms with Crippen LogP contribution in [0.3, 0.4) is 0 Å². The molecule has 0 radical (unpaired) electrons. The van der Waals surface area contributed by atoms with E-state index >= 15 is 0 Å². The number of carbonyl (C=O) groups is 1. The van der Waals surface area contributed by atoms with Crippen LogP contribution in [0.25, 0.3) is 0 Å². The number of fused-ring (bicyclic) bond motifs is 1. The lowest BCUT2D eigenvalue weighted by atomic mass is 10.2. The molecule has 0 atom stereocenters. The summed E-state index contributed by atoms with van der Waals surface area (Å²) in [6.07, 6.45) is 0.125. The van der Waals surface area contributed by atoms with E-state index in [1.165, 1.54) is 0 Å². The van der Waals surface area contributed by atoms with Crippen LogP contribution in [-0.4, -0.2) is 29.0 Å². The van der Waals surface area contributed by atoms with E-state index in [9.17, 15) is 4.79 Å². The van der Waals surface area contributed by atoms with Crippen LogP contribution >= 0.6 is 0 Å². The summed E-state index contributed by atoms with van der Waals surface area (Å²) in [5, 5.41) is 14.0. The van der Waals surface area contributed by atoms with Gasteiger partial charge in [0.25, 0.3) is 5.91 Å². The minimum absolute atomic E-state index is 0.125. The Morgan fingerprint density at radius 3 is 2.41 bits per heavy atom. The SMILES string of the molecule is CC(C)Oc1ccc(Nc2ccc(NC(=O)c3ccc4c(c3)OCO4)nn2)cc1. The fraction of sp³-hybridized carbons (Fsp3) is 0.190. The molecular weight excluding hydrogens is 372 g/mol. The van der Waals surface area contributed by atoms with Gasteiger partial charge in [-0.25, -0.2) is 0 Å². The molecule has 0 bridgehead atoms. The van der Waals surface area contributed by atoms with Crippen LogP contribution < -0.4 is 24.8 Å². The van der Waals surface area contributed by atoms with Crippen LogP contribution in [0.2, 0.25) is 0 Å². The molecule has 8 heteroatoms. The van der Waals surface area contributed by atoms with Crippen molar-refractivity contribution in [2.45, 2.75) is 20.0 Å². The van der Waals surface area contributed by atoms with Crippen molar-refractivity contribution in [1.82, 2.24) is 10.2 Å². The first kappa shape index (κ1) is 18.5. The summed E-state index contributed by atoms with van der Waals surface area (Å²) in [6, 6.07) is 16.0. The molecule has 0 unspecified atom stereocenters. The summed E-state index contributed by atoms with van der Waals surface area (Å²) < 4.78 is 16.2. The van der Waals surface area contributed by atoms with E-state index in [1.54, 1.807) is 30.3 Å². The Kier molecular flexibility index (Phi) is 5.15. The van der Waals surface area contributed by atoms with Crippen molar-refractivity contribution in [2.75, 3.05) is 17.4 Å². The number of hydrogen-bond donors (Lipinski definition) is 2. The van der Waals surface area contributed by atoms with Crippen molar-refractivity contribution in [2.24, 2.45) is 0 Å². The van der Waals surface area contributed by atoms with Crippen LogP contribution in [-0.2, 0) is 0 Å². The molecule has 1 aromatic heterocycles. The molecule has 0 saturated carbocycles. The number of ether oxygens (including phenoxy) is 3. The Morgan fingerprint density at radius 1 is 0.966 bits per heavy atom. The second-order valence-electron chi connectivity index (χ2n) is 6.64. The molecule has 1 aliphatic rings. The van der Waals surface area contributed by atoms with Crippen molar-refractivity contribution in [3.8, 4) is 17.2 Å². The topological polar surface area (TPSA) is 94.6 Å². The molecule has 0 saturated heterocycles. The minimum atomic E-state index is -0.306. The van der Waals surface area contributed by atoms with Gasteiger partial charge in [-0.15, -0.1) is 10.2 Å². The second kappa shape index (κ2) is 8.05. The van der Waals surface area contributed by atoms with Gasteiger partial charge in [-0.05, 0) is 68.4 Å². The van der Waals surface area contributed by atoms with Crippen LogP contribution in [0, 0.1) is 0 Å². The Hall–Kier alpha value is -3.81. The van der Waals surface area contributed by atoms with Crippen LogP contribution in [0.5, 0.6) is 17.2 Å².